The number of aryl methyl sites for hydroxylation is 2. The van der Waals surface area contributed by atoms with Crippen LogP contribution in [0.5, 0.6) is 0 Å². The first-order chi connectivity index (χ1) is 14.4. The van der Waals surface area contributed by atoms with Crippen molar-refractivity contribution in [2.24, 2.45) is 0 Å². The number of aromatic amines is 1. The Balaban J connectivity index is 1.59. The summed E-state index contributed by atoms with van der Waals surface area (Å²) < 4.78 is 35.5. The zero-order valence-corrected chi connectivity index (χ0v) is 16.5. The number of hydrogen-bond acceptors (Lipinski definition) is 3. The summed E-state index contributed by atoms with van der Waals surface area (Å²) in [7, 11) is 1.67. The van der Waals surface area contributed by atoms with Crippen molar-refractivity contribution in [2.75, 3.05) is 13.7 Å². The van der Waals surface area contributed by atoms with Crippen LogP contribution in [0.2, 0.25) is 0 Å². The molecular weight excluding hydrogens is 392 g/mol. The van der Waals surface area contributed by atoms with Crippen molar-refractivity contribution in [3.8, 4) is 0 Å². The maximum Gasteiger partial charge on any atom is 0.256 e. The summed E-state index contributed by atoms with van der Waals surface area (Å²) in [5.74, 6) is -2.30. The molecule has 3 aromatic rings. The average molecular weight is 413 g/mol. The highest BCUT2D eigenvalue weighted by atomic mass is 19.2. The lowest BCUT2D eigenvalue weighted by Crippen LogP contribution is -2.37. The molecule has 6 nitrogen and oxygen atoms in total. The van der Waals surface area contributed by atoms with Crippen molar-refractivity contribution in [3.63, 3.8) is 0 Å². The number of carbonyl (C=O) groups excluding carboxylic acids is 1. The lowest BCUT2D eigenvalue weighted by atomic mass is 9.95. The number of nitrogens with one attached hydrogen (secondary N) is 1. The number of nitrogens with zero attached hydrogens (tertiary/aromatic N) is 2. The van der Waals surface area contributed by atoms with Gasteiger partial charge in [-0.25, -0.2) is 8.78 Å². The van der Waals surface area contributed by atoms with E-state index in [0.717, 1.165) is 43.6 Å². The molecule has 0 radical (unpaired) electrons. The SMILES string of the molecule is CN(C(=O)c1cc2n(c1)CCCC2)C1COCc2[nH]c(=O)c3cc(F)c(F)cc3c21. The molecule has 8 heteroatoms. The monoisotopic (exact) mass is 413 g/mol. The number of carbonyl (C=O) groups is 1. The number of benzene rings is 1. The van der Waals surface area contributed by atoms with E-state index in [2.05, 4.69) is 9.55 Å². The standard InChI is InChI=1S/C22H21F2N3O3/c1-26(22(29)12-6-13-4-2-3-5-27(13)9-12)19-11-30-10-18-20(19)14-7-16(23)17(24)8-15(14)21(28)25-18/h6-9,19H,2-5,10-11H2,1H3,(H,25,28). The van der Waals surface area contributed by atoms with Crippen LogP contribution >= 0.6 is 0 Å². The summed E-state index contributed by atoms with van der Waals surface area (Å²) in [6, 6.07) is 3.32. The summed E-state index contributed by atoms with van der Waals surface area (Å²) >= 11 is 0. The molecule has 1 unspecified atom stereocenters. The van der Waals surface area contributed by atoms with Crippen molar-refractivity contribution in [1.29, 1.82) is 0 Å². The number of pyridine rings is 1. The molecule has 5 rings (SSSR count). The van der Waals surface area contributed by atoms with Crippen LogP contribution in [0.15, 0.2) is 29.2 Å². The van der Waals surface area contributed by atoms with Gasteiger partial charge in [-0.05, 0) is 42.8 Å². The smallest absolute Gasteiger partial charge is 0.256 e. The summed E-state index contributed by atoms with van der Waals surface area (Å²) in [5.41, 5.74) is 2.29. The first kappa shape index (κ1) is 19.0. The molecule has 1 aromatic carbocycles. The first-order valence-electron chi connectivity index (χ1n) is 10.0. The molecule has 0 spiro atoms. The van der Waals surface area contributed by atoms with Gasteiger partial charge >= 0.3 is 0 Å². The average Bonchev–Trinajstić information content (AvgIpc) is 3.18. The summed E-state index contributed by atoms with van der Waals surface area (Å²) in [5, 5.41) is 0.358. The number of halogens is 2. The number of rotatable bonds is 2. The third kappa shape index (κ3) is 2.94. The van der Waals surface area contributed by atoms with E-state index in [-0.39, 0.29) is 24.5 Å². The van der Waals surface area contributed by atoms with Gasteiger partial charge < -0.3 is 19.2 Å². The van der Waals surface area contributed by atoms with Crippen LogP contribution < -0.4 is 5.56 Å². The molecule has 0 saturated carbocycles. The third-order valence-corrected chi connectivity index (χ3v) is 6.14. The van der Waals surface area contributed by atoms with Crippen LogP contribution in [0.25, 0.3) is 10.8 Å². The quantitative estimate of drug-likeness (QED) is 0.701. The number of H-pyrrole nitrogens is 1. The van der Waals surface area contributed by atoms with Gasteiger partial charge in [-0.15, -0.1) is 0 Å². The van der Waals surface area contributed by atoms with Crippen molar-refractivity contribution >= 4 is 16.7 Å². The van der Waals surface area contributed by atoms with E-state index < -0.39 is 23.2 Å². The van der Waals surface area contributed by atoms with Gasteiger partial charge in [0.25, 0.3) is 11.5 Å². The van der Waals surface area contributed by atoms with Crippen molar-refractivity contribution < 1.29 is 18.3 Å². The Hall–Kier alpha value is -3.00. The molecule has 4 heterocycles. The van der Waals surface area contributed by atoms with Gasteiger partial charge in [-0.3, -0.25) is 9.59 Å². The van der Waals surface area contributed by atoms with Crippen molar-refractivity contribution in [1.82, 2.24) is 14.5 Å². The predicted octanol–water partition coefficient (Wildman–Crippen LogP) is 3.29. The zero-order valence-electron chi connectivity index (χ0n) is 16.5. The molecule has 1 atom stereocenters. The van der Waals surface area contributed by atoms with Crippen LogP contribution in [-0.2, 0) is 24.3 Å². The van der Waals surface area contributed by atoms with Crippen LogP contribution in [0.1, 0.15) is 46.2 Å². The second-order valence-corrected chi connectivity index (χ2v) is 7.98. The molecule has 2 aromatic heterocycles. The van der Waals surface area contributed by atoms with Gasteiger partial charge in [0, 0.05) is 36.7 Å². The molecule has 1 amide bonds. The van der Waals surface area contributed by atoms with Crippen LogP contribution in [0.4, 0.5) is 8.78 Å². The van der Waals surface area contributed by atoms with Gasteiger partial charge in [-0.2, -0.15) is 0 Å². The molecule has 30 heavy (non-hydrogen) atoms. The van der Waals surface area contributed by atoms with Crippen LogP contribution in [0.3, 0.4) is 0 Å². The first-order valence-corrected chi connectivity index (χ1v) is 10.0. The predicted molar refractivity (Wildman–Crippen MR) is 106 cm³/mol. The van der Waals surface area contributed by atoms with E-state index >= 15 is 0 Å². The topological polar surface area (TPSA) is 67.3 Å². The Morgan fingerprint density at radius 2 is 1.97 bits per heavy atom. The van der Waals surface area contributed by atoms with Gasteiger partial charge in [0.1, 0.15) is 0 Å². The molecule has 0 bridgehead atoms. The van der Waals surface area contributed by atoms with Crippen LogP contribution in [-0.4, -0.2) is 34.0 Å². The summed E-state index contributed by atoms with van der Waals surface area (Å²) in [6.07, 6.45) is 5.02. The van der Waals surface area contributed by atoms with Crippen molar-refractivity contribution in [2.45, 2.75) is 38.5 Å². The van der Waals surface area contributed by atoms with Gasteiger partial charge in [0.2, 0.25) is 0 Å². The number of aromatic nitrogens is 2. The minimum Gasteiger partial charge on any atom is -0.373 e. The fraction of sp³-hybridized carbons (Fsp3) is 0.364. The molecule has 0 saturated heterocycles. The molecule has 2 aliphatic rings. The Morgan fingerprint density at radius 3 is 2.73 bits per heavy atom. The lowest BCUT2D eigenvalue weighted by Gasteiger charge is -2.33. The third-order valence-electron chi connectivity index (χ3n) is 6.14. The highest BCUT2D eigenvalue weighted by Crippen LogP contribution is 2.34. The highest BCUT2D eigenvalue weighted by Gasteiger charge is 2.32. The highest BCUT2D eigenvalue weighted by molar-refractivity contribution is 5.95. The Bertz CT molecular complexity index is 1210. The molecule has 0 fully saturated rings. The minimum atomic E-state index is -1.08. The number of ether oxygens (including phenoxy) is 1. The van der Waals surface area contributed by atoms with E-state index in [9.17, 15) is 18.4 Å². The largest absolute Gasteiger partial charge is 0.373 e. The maximum atomic E-state index is 14.0. The fourth-order valence-corrected chi connectivity index (χ4v) is 4.57. The Kier molecular flexibility index (Phi) is 4.47. The summed E-state index contributed by atoms with van der Waals surface area (Å²) in [4.78, 5) is 29.9. The second-order valence-electron chi connectivity index (χ2n) is 7.98. The molecule has 2 aliphatic heterocycles. The zero-order chi connectivity index (χ0) is 21.0. The summed E-state index contributed by atoms with van der Waals surface area (Å²) in [6.45, 7) is 1.24. The van der Waals surface area contributed by atoms with E-state index in [1.54, 1.807) is 11.9 Å². The lowest BCUT2D eigenvalue weighted by molar-refractivity contribution is 0.0335. The van der Waals surface area contributed by atoms with Crippen molar-refractivity contribution in [3.05, 3.63) is 68.9 Å². The Labute approximate surface area is 171 Å². The molecule has 0 aliphatic carbocycles. The normalized spacial score (nSPS) is 18.2. The van der Waals surface area contributed by atoms with E-state index in [1.807, 2.05) is 12.3 Å². The molecular formula is C22H21F2N3O3. The number of amides is 1. The Morgan fingerprint density at radius 1 is 1.20 bits per heavy atom. The van der Waals surface area contributed by atoms with Crippen LogP contribution in [0, 0.1) is 11.6 Å². The van der Waals surface area contributed by atoms with Gasteiger partial charge in [-0.1, -0.05) is 0 Å². The number of fused-ring (bicyclic) bond motifs is 4. The fourth-order valence-electron chi connectivity index (χ4n) is 4.57. The number of likely N-dealkylation sites (N-methyl/N-ethyl adjacent to an activating group) is 1. The number of hydrogen-bond donors (Lipinski definition) is 1. The van der Waals surface area contributed by atoms with E-state index in [1.165, 1.54) is 0 Å². The minimum absolute atomic E-state index is 0.0553. The molecule has 1 N–H and O–H groups in total. The van der Waals surface area contributed by atoms with Gasteiger partial charge in [0.15, 0.2) is 11.6 Å². The van der Waals surface area contributed by atoms with E-state index in [4.69, 9.17) is 4.74 Å². The van der Waals surface area contributed by atoms with Gasteiger partial charge in [0.05, 0.1) is 30.2 Å². The second kappa shape index (κ2) is 7.05. The van der Waals surface area contributed by atoms with E-state index in [0.29, 0.717) is 22.2 Å². The maximum absolute atomic E-state index is 14.0. The molecule has 156 valence electrons.